The second-order valence-corrected chi connectivity index (χ2v) is 1.90. The van der Waals surface area contributed by atoms with Crippen molar-refractivity contribution in [3.8, 4) is 0 Å². The lowest BCUT2D eigenvalue weighted by atomic mass is 10.5. The Hall–Kier alpha value is -0.640. The molecule has 0 saturated heterocycles. The van der Waals surface area contributed by atoms with Crippen LogP contribution in [0, 0.1) is 0 Å². The maximum Gasteiger partial charge on any atom is 0.238 e. The molecule has 0 amide bonds. The molecule has 1 atom stereocenters. The van der Waals surface area contributed by atoms with Crippen molar-refractivity contribution >= 4 is 17.9 Å². The Balaban J connectivity index is 2.73. The molecule has 0 radical (unpaired) electrons. The summed E-state index contributed by atoms with van der Waals surface area (Å²) in [5.41, 5.74) is 0. The van der Waals surface area contributed by atoms with Gasteiger partial charge in [-0.15, -0.1) is 0 Å². The van der Waals surface area contributed by atoms with Gasteiger partial charge in [0.25, 0.3) is 0 Å². The van der Waals surface area contributed by atoms with Crippen molar-refractivity contribution in [3.05, 3.63) is 11.2 Å². The van der Waals surface area contributed by atoms with Crippen LogP contribution in [0.4, 0.5) is 8.87 Å². The number of aliphatic imine (C=N–C) groups is 1. The molecule has 1 aliphatic heterocycles. The van der Waals surface area contributed by atoms with Crippen molar-refractivity contribution < 1.29 is 8.87 Å². The van der Waals surface area contributed by atoms with Crippen molar-refractivity contribution in [1.29, 1.82) is 0 Å². The van der Waals surface area contributed by atoms with E-state index >= 15 is 0 Å². The van der Waals surface area contributed by atoms with Crippen LogP contribution in [0.3, 0.4) is 0 Å². The van der Waals surface area contributed by atoms with Crippen LogP contribution in [-0.2, 0) is 0 Å². The van der Waals surface area contributed by atoms with Gasteiger partial charge in [0, 0.05) is 6.20 Å². The van der Waals surface area contributed by atoms with E-state index in [9.17, 15) is 8.87 Å². The molecule has 0 aromatic heterocycles. The van der Waals surface area contributed by atoms with Crippen LogP contribution < -0.4 is 0 Å². The maximum absolute atomic E-state index is 12.2. The quantitative estimate of drug-likeness (QED) is 0.380. The summed E-state index contributed by atoms with van der Waals surface area (Å²) in [4.78, 5) is 3.28. The zero-order chi connectivity index (χ0) is 6.85. The van der Waals surface area contributed by atoms with Crippen LogP contribution >= 0.6 is 11.6 Å². The summed E-state index contributed by atoms with van der Waals surface area (Å²) in [7, 11) is 0. The first-order chi connectivity index (χ1) is 4.22. The van der Waals surface area contributed by atoms with Crippen LogP contribution in [0.25, 0.3) is 0 Å². The van der Waals surface area contributed by atoms with Gasteiger partial charge in [0.2, 0.25) is 6.30 Å². The fraction of sp³-hybridized carbons (Fsp3) is 0.250. The first-order valence-electron chi connectivity index (χ1n) is 2.19. The normalized spacial score (nSPS) is 26.3. The molecule has 1 rings (SSSR count). The smallest absolute Gasteiger partial charge is 0.238 e. The second-order valence-electron chi connectivity index (χ2n) is 1.46. The molecule has 0 aliphatic carbocycles. The monoisotopic (exact) mass is 152 g/mol. The summed E-state index contributed by atoms with van der Waals surface area (Å²) in [6, 6.07) is 0. The Morgan fingerprint density at radius 2 is 2.44 bits per heavy atom. The molecule has 0 spiro atoms. The van der Waals surface area contributed by atoms with Crippen LogP contribution in [0.2, 0.25) is 0 Å². The molecule has 0 aromatic rings. The lowest BCUT2D eigenvalue weighted by Crippen LogP contribution is -2.24. The molecule has 0 N–H and O–H groups in total. The number of hydrogen-bond acceptors (Lipinski definition) is 2. The fourth-order valence-corrected chi connectivity index (χ4v) is 0.556. The molecule has 0 aromatic carbocycles. The van der Waals surface area contributed by atoms with E-state index in [1.54, 1.807) is 0 Å². The highest BCUT2D eigenvalue weighted by Crippen LogP contribution is 2.18. The van der Waals surface area contributed by atoms with Gasteiger partial charge in [-0.05, 0) is 0 Å². The van der Waals surface area contributed by atoms with Crippen molar-refractivity contribution in [2.24, 2.45) is 4.99 Å². The minimum atomic E-state index is -1.89. The Bertz CT molecular complexity index is 168. The van der Waals surface area contributed by atoms with Gasteiger partial charge in [0.15, 0.2) is 0 Å². The highest BCUT2D eigenvalue weighted by molar-refractivity contribution is 6.30. The van der Waals surface area contributed by atoms with Gasteiger partial charge < -0.3 is 0 Å². The van der Waals surface area contributed by atoms with Gasteiger partial charge in [-0.2, -0.15) is 5.12 Å². The summed E-state index contributed by atoms with van der Waals surface area (Å²) in [5.74, 6) is 0. The van der Waals surface area contributed by atoms with Crippen molar-refractivity contribution in [2.45, 2.75) is 6.30 Å². The second kappa shape index (κ2) is 2.31. The number of nitrogens with zero attached hydrogens (tertiary/aromatic N) is 2. The summed E-state index contributed by atoms with van der Waals surface area (Å²) in [5, 5.41) is -0.456. The molecule has 0 bridgehead atoms. The molecule has 1 heterocycles. The standard InChI is InChI=1S/C4H3ClF2N2/c5-3-1-8-2-9(7)4(3)6/h1-2,4H. The zero-order valence-electron chi connectivity index (χ0n) is 4.26. The molecule has 5 heteroatoms. The maximum atomic E-state index is 12.2. The Kier molecular flexibility index (Phi) is 1.66. The van der Waals surface area contributed by atoms with Crippen LogP contribution in [0.15, 0.2) is 16.2 Å². The van der Waals surface area contributed by atoms with Crippen LogP contribution in [-0.4, -0.2) is 17.8 Å². The van der Waals surface area contributed by atoms with Gasteiger partial charge in [-0.1, -0.05) is 16.1 Å². The van der Waals surface area contributed by atoms with Crippen LogP contribution in [0.5, 0.6) is 0 Å². The highest BCUT2D eigenvalue weighted by Gasteiger charge is 2.20. The first kappa shape index (κ1) is 6.48. The minimum Gasteiger partial charge on any atom is -0.243 e. The average molecular weight is 153 g/mol. The largest absolute Gasteiger partial charge is 0.243 e. The van der Waals surface area contributed by atoms with E-state index < -0.39 is 6.30 Å². The average Bonchev–Trinajstić information content (AvgIpc) is 1.83. The van der Waals surface area contributed by atoms with Gasteiger partial charge in [-0.25, -0.2) is 9.38 Å². The van der Waals surface area contributed by atoms with E-state index in [2.05, 4.69) is 4.99 Å². The van der Waals surface area contributed by atoms with Crippen molar-refractivity contribution in [1.82, 2.24) is 5.12 Å². The van der Waals surface area contributed by atoms with Crippen molar-refractivity contribution in [2.75, 3.05) is 0 Å². The molecule has 50 valence electrons. The number of halogens is 3. The molecular formula is C4H3ClF2N2. The first-order valence-corrected chi connectivity index (χ1v) is 2.56. The summed E-state index contributed by atoms with van der Waals surface area (Å²) in [6.07, 6.45) is -0.108. The molecule has 9 heavy (non-hydrogen) atoms. The zero-order valence-corrected chi connectivity index (χ0v) is 5.02. The number of hydrogen-bond donors (Lipinski definition) is 0. The molecule has 2 nitrogen and oxygen atoms in total. The van der Waals surface area contributed by atoms with Crippen molar-refractivity contribution in [3.63, 3.8) is 0 Å². The highest BCUT2D eigenvalue weighted by atomic mass is 35.5. The molecule has 1 aliphatic rings. The van der Waals surface area contributed by atoms with Gasteiger partial charge in [-0.3, -0.25) is 0 Å². The third-order valence-electron chi connectivity index (χ3n) is 0.819. The summed E-state index contributed by atoms with van der Waals surface area (Å²) in [6.45, 7) is 0. The van der Waals surface area contributed by atoms with Gasteiger partial charge in [0.05, 0.1) is 5.03 Å². The van der Waals surface area contributed by atoms with Gasteiger partial charge in [0.1, 0.15) is 6.34 Å². The third-order valence-corrected chi connectivity index (χ3v) is 1.10. The van der Waals surface area contributed by atoms with E-state index in [0.29, 0.717) is 0 Å². The molecule has 1 unspecified atom stereocenters. The predicted octanol–water partition coefficient (Wildman–Crippen LogP) is 1.59. The molecular weight excluding hydrogens is 150 g/mol. The van der Waals surface area contributed by atoms with E-state index in [1.807, 2.05) is 0 Å². The van der Waals surface area contributed by atoms with E-state index in [-0.39, 0.29) is 10.2 Å². The van der Waals surface area contributed by atoms with E-state index in [1.165, 1.54) is 0 Å². The minimum absolute atomic E-state index is 0.206. The predicted molar refractivity (Wildman–Crippen MR) is 30.3 cm³/mol. The SMILES string of the molecule is FC1C(Cl)=CN=CN1F. The Morgan fingerprint density at radius 1 is 1.78 bits per heavy atom. The summed E-state index contributed by atoms with van der Waals surface area (Å²) >= 11 is 5.15. The van der Waals surface area contributed by atoms with Gasteiger partial charge >= 0.3 is 0 Å². The number of rotatable bonds is 0. The Labute approximate surface area is 55.4 Å². The van der Waals surface area contributed by atoms with E-state index in [0.717, 1.165) is 12.5 Å². The topological polar surface area (TPSA) is 15.6 Å². The number of alkyl halides is 1. The lowest BCUT2D eigenvalue weighted by molar-refractivity contribution is 0.0227. The lowest BCUT2D eigenvalue weighted by Gasteiger charge is -2.14. The summed E-state index contributed by atoms with van der Waals surface area (Å²) < 4.78 is 24.2. The Morgan fingerprint density at radius 3 is 2.89 bits per heavy atom. The molecule has 0 fully saturated rings. The van der Waals surface area contributed by atoms with Crippen LogP contribution in [0.1, 0.15) is 0 Å². The molecule has 0 saturated carbocycles. The third kappa shape index (κ3) is 1.18. The van der Waals surface area contributed by atoms with E-state index in [4.69, 9.17) is 11.6 Å². The fourth-order valence-electron chi connectivity index (χ4n) is 0.406.